The van der Waals surface area contributed by atoms with Crippen LogP contribution in [-0.4, -0.2) is 29.2 Å². The predicted molar refractivity (Wildman–Crippen MR) is 69.3 cm³/mol. The van der Waals surface area contributed by atoms with Gasteiger partial charge < -0.3 is 5.11 Å². The Balaban J connectivity index is 2.02. The SMILES string of the molecule is CN(Cc1ccccc1Br)[C@@H]1CCC[C@H]1O. The van der Waals surface area contributed by atoms with E-state index in [0.29, 0.717) is 6.04 Å². The number of likely N-dealkylation sites (N-methyl/N-ethyl adjacent to an activating group) is 1. The van der Waals surface area contributed by atoms with Gasteiger partial charge in [0.1, 0.15) is 0 Å². The van der Waals surface area contributed by atoms with E-state index in [2.05, 4.69) is 46.1 Å². The van der Waals surface area contributed by atoms with Crippen molar-refractivity contribution in [1.82, 2.24) is 4.90 Å². The molecule has 0 radical (unpaired) electrons. The second-order valence-corrected chi connectivity index (χ2v) is 5.43. The Labute approximate surface area is 105 Å². The van der Waals surface area contributed by atoms with Crippen molar-refractivity contribution in [1.29, 1.82) is 0 Å². The molecule has 1 aromatic rings. The molecule has 88 valence electrons. The molecule has 1 saturated carbocycles. The van der Waals surface area contributed by atoms with Crippen molar-refractivity contribution in [3.63, 3.8) is 0 Å². The Hall–Kier alpha value is -0.380. The zero-order valence-electron chi connectivity index (χ0n) is 9.56. The number of halogens is 1. The van der Waals surface area contributed by atoms with Crippen LogP contribution in [0.3, 0.4) is 0 Å². The number of hydrogen-bond donors (Lipinski definition) is 1. The van der Waals surface area contributed by atoms with Crippen LogP contribution in [0.1, 0.15) is 24.8 Å². The van der Waals surface area contributed by atoms with Crippen molar-refractivity contribution in [2.45, 2.75) is 38.0 Å². The smallest absolute Gasteiger partial charge is 0.0695 e. The molecular formula is C13H18BrNO. The standard InChI is InChI=1S/C13H18BrNO/c1-15(12-7-4-8-13(12)16)9-10-5-2-3-6-11(10)14/h2-3,5-6,12-13,16H,4,7-9H2,1H3/t12-,13-/m1/s1. The Kier molecular flexibility index (Phi) is 4.00. The number of rotatable bonds is 3. The summed E-state index contributed by atoms with van der Waals surface area (Å²) >= 11 is 3.56. The van der Waals surface area contributed by atoms with E-state index < -0.39 is 0 Å². The highest BCUT2D eigenvalue weighted by molar-refractivity contribution is 9.10. The molecule has 1 aliphatic rings. The summed E-state index contributed by atoms with van der Waals surface area (Å²) in [5.74, 6) is 0. The van der Waals surface area contributed by atoms with E-state index in [4.69, 9.17) is 0 Å². The van der Waals surface area contributed by atoms with E-state index in [1.165, 1.54) is 5.56 Å². The minimum Gasteiger partial charge on any atom is -0.391 e. The van der Waals surface area contributed by atoms with Crippen molar-refractivity contribution in [2.75, 3.05) is 7.05 Å². The minimum absolute atomic E-state index is 0.146. The van der Waals surface area contributed by atoms with E-state index in [1.807, 2.05) is 6.07 Å². The highest BCUT2D eigenvalue weighted by Crippen LogP contribution is 2.26. The second kappa shape index (κ2) is 5.30. The normalized spacial score (nSPS) is 25.2. The van der Waals surface area contributed by atoms with Gasteiger partial charge in [-0.2, -0.15) is 0 Å². The number of benzene rings is 1. The molecule has 0 aliphatic heterocycles. The molecule has 0 unspecified atom stereocenters. The maximum atomic E-state index is 9.85. The molecule has 1 N–H and O–H groups in total. The molecule has 2 rings (SSSR count). The molecule has 1 aliphatic carbocycles. The van der Waals surface area contributed by atoms with Crippen molar-refractivity contribution >= 4 is 15.9 Å². The Morgan fingerprint density at radius 3 is 2.75 bits per heavy atom. The molecule has 0 spiro atoms. The first-order chi connectivity index (χ1) is 7.68. The van der Waals surface area contributed by atoms with Gasteiger partial charge in [0.2, 0.25) is 0 Å². The summed E-state index contributed by atoms with van der Waals surface area (Å²) < 4.78 is 1.15. The molecule has 3 heteroatoms. The highest BCUT2D eigenvalue weighted by Gasteiger charge is 2.28. The van der Waals surface area contributed by atoms with E-state index in [9.17, 15) is 5.11 Å². The number of aliphatic hydroxyl groups excluding tert-OH is 1. The third kappa shape index (κ3) is 2.65. The molecule has 1 fully saturated rings. The predicted octanol–water partition coefficient (Wildman–Crippen LogP) is 2.79. The van der Waals surface area contributed by atoms with Crippen LogP contribution in [0.2, 0.25) is 0 Å². The molecule has 0 aromatic heterocycles. The van der Waals surface area contributed by atoms with Gasteiger partial charge in [0.05, 0.1) is 6.10 Å². The van der Waals surface area contributed by atoms with Gasteiger partial charge in [0, 0.05) is 17.1 Å². The van der Waals surface area contributed by atoms with Crippen LogP contribution >= 0.6 is 15.9 Å². The van der Waals surface area contributed by atoms with Crippen LogP contribution in [0.25, 0.3) is 0 Å². The average Bonchev–Trinajstić information content (AvgIpc) is 2.68. The van der Waals surface area contributed by atoms with Crippen LogP contribution in [-0.2, 0) is 6.54 Å². The number of hydrogen-bond acceptors (Lipinski definition) is 2. The number of aliphatic hydroxyl groups is 1. The molecule has 0 bridgehead atoms. The average molecular weight is 284 g/mol. The Morgan fingerprint density at radius 1 is 1.38 bits per heavy atom. The molecular weight excluding hydrogens is 266 g/mol. The fraction of sp³-hybridized carbons (Fsp3) is 0.538. The first-order valence-electron chi connectivity index (χ1n) is 5.80. The molecule has 0 heterocycles. The molecule has 2 nitrogen and oxygen atoms in total. The van der Waals surface area contributed by atoms with Crippen LogP contribution in [0.5, 0.6) is 0 Å². The van der Waals surface area contributed by atoms with Gasteiger partial charge in [0.25, 0.3) is 0 Å². The van der Waals surface area contributed by atoms with E-state index in [1.54, 1.807) is 0 Å². The third-order valence-corrected chi connectivity index (χ3v) is 4.16. The maximum Gasteiger partial charge on any atom is 0.0695 e. The molecule has 16 heavy (non-hydrogen) atoms. The Morgan fingerprint density at radius 2 is 2.12 bits per heavy atom. The van der Waals surface area contributed by atoms with Gasteiger partial charge >= 0.3 is 0 Å². The summed E-state index contributed by atoms with van der Waals surface area (Å²) in [6, 6.07) is 8.60. The van der Waals surface area contributed by atoms with Crippen LogP contribution in [0.15, 0.2) is 28.7 Å². The lowest BCUT2D eigenvalue weighted by atomic mass is 10.1. The van der Waals surface area contributed by atoms with Gasteiger partial charge in [-0.25, -0.2) is 0 Å². The number of nitrogens with zero attached hydrogens (tertiary/aromatic N) is 1. The molecule has 0 amide bonds. The fourth-order valence-electron chi connectivity index (χ4n) is 2.45. The van der Waals surface area contributed by atoms with Gasteiger partial charge in [-0.15, -0.1) is 0 Å². The zero-order chi connectivity index (χ0) is 11.5. The lowest BCUT2D eigenvalue weighted by molar-refractivity contribution is 0.0824. The quantitative estimate of drug-likeness (QED) is 0.922. The summed E-state index contributed by atoms with van der Waals surface area (Å²) in [5.41, 5.74) is 1.28. The van der Waals surface area contributed by atoms with Crippen LogP contribution in [0.4, 0.5) is 0 Å². The minimum atomic E-state index is -0.146. The van der Waals surface area contributed by atoms with Crippen molar-refractivity contribution in [3.05, 3.63) is 34.3 Å². The van der Waals surface area contributed by atoms with Crippen molar-refractivity contribution < 1.29 is 5.11 Å². The van der Waals surface area contributed by atoms with Crippen molar-refractivity contribution in [2.24, 2.45) is 0 Å². The second-order valence-electron chi connectivity index (χ2n) is 4.57. The van der Waals surface area contributed by atoms with Crippen LogP contribution in [0, 0.1) is 0 Å². The van der Waals surface area contributed by atoms with Gasteiger partial charge in [-0.05, 0) is 37.9 Å². The summed E-state index contributed by atoms with van der Waals surface area (Å²) in [7, 11) is 2.10. The lowest BCUT2D eigenvalue weighted by Crippen LogP contribution is -2.37. The largest absolute Gasteiger partial charge is 0.391 e. The first-order valence-corrected chi connectivity index (χ1v) is 6.59. The van der Waals surface area contributed by atoms with Gasteiger partial charge in [-0.3, -0.25) is 4.90 Å². The zero-order valence-corrected chi connectivity index (χ0v) is 11.2. The highest BCUT2D eigenvalue weighted by atomic mass is 79.9. The monoisotopic (exact) mass is 283 g/mol. The summed E-state index contributed by atoms with van der Waals surface area (Å²) in [6.45, 7) is 0.892. The van der Waals surface area contributed by atoms with Crippen molar-refractivity contribution in [3.8, 4) is 0 Å². The molecule has 2 atom stereocenters. The topological polar surface area (TPSA) is 23.5 Å². The third-order valence-electron chi connectivity index (χ3n) is 3.39. The molecule has 1 aromatic carbocycles. The van der Waals surface area contributed by atoms with Gasteiger partial charge in [0.15, 0.2) is 0 Å². The van der Waals surface area contributed by atoms with E-state index >= 15 is 0 Å². The fourth-order valence-corrected chi connectivity index (χ4v) is 2.86. The molecule has 0 saturated heterocycles. The summed E-state index contributed by atoms with van der Waals surface area (Å²) in [6.07, 6.45) is 3.06. The maximum absolute atomic E-state index is 9.85. The Bertz CT molecular complexity index is 356. The first kappa shape index (κ1) is 12.1. The summed E-state index contributed by atoms with van der Waals surface area (Å²) in [4.78, 5) is 2.26. The lowest BCUT2D eigenvalue weighted by Gasteiger charge is -2.27. The summed E-state index contributed by atoms with van der Waals surface area (Å²) in [5, 5.41) is 9.85. The van der Waals surface area contributed by atoms with E-state index in [-0.39, 0.29) is 6.10 Å². The van der Waals surface area contributed by atoms with E-state index in [0.717, 1.165) is 30.3 Å². The van der Waals surface area contributed by atoms with Crippen LogP contribution < -0.4 is 0 Å². The van der Waals surface area contributed by atoms with Gasteiger partial charge in [-0.1, -0.05) is 34.1 Å².